The molecule has 280 valence electrons. The third-order valence-electron chi connectivity index (χ3n) is 8.62. The maximum absolute atomic E-state index is 14.9. The second kappa shape index (κ2) is 21.6. The van der Waals surface area contributed by atoms with Gasteiger partial charge in [-0.3, -0.25) is 24.1 Å². The van der Waals surface area contributed by atoms with Gasteiger partial charge in [0.2, 0.25) is 11.8 Å². The van der Waals surface area contributed by atoms with Crippen LogP contribution in [0, 0.1) is 17.1 Å². The average Bonchev–Trinajstić information content (AvgIpc) is 3.15. The van der Waals surface area contributed by atoms with Crippen molar-refractivity contribution in [1.29, 1.82) is 5.26 Å². The monoisotopic (exact) mass is 721 g/mol. The fourth-order valence-electron chi connectivity index (χ4n) is 5.69. The molecule has 0 saturated carbocycles. The molecule has 0 bridgehead atoms. The molecule has 0 unspecified atom stereocenters. The van der Waals surface area contributed by atoms with E-state index in [1.54, 1.807) is 36.2 Å². The maximum Gasteiger partial charge on any atom is 0.272 e. The van der Waals surface area contributed by atoms with Crippen LogP contribution in [0.4, 0.5) is 4.39 Å². The number of piperazine rings is 1. The number of nitrogens with zero attached hydrogens (tertiary/aromatic N) is 5. The topological polar surface area (TPSA) is 170 Å². The van der Waals surface area contributed by atoms with Gasteiger partial charge in [0.15, 0.2) is 0 Å². The Morgan fingerprint density at radius 3 is 2.35 bits per heavy atom. The molecular weight excluding hydrogens is 673 g/mol. The number of halogens is 1. The van der Waals surface area contributed by atoms with Crippen molar-refractivity contribution in [3.63, 3.8) is 0 Å². The number of fused-ring (bicyclic) bond motifs is 1. The minimum absolute atomic E-state index is 0.0186. The van der Waals surface area contributed by atoms with Crippen molar-refractivity contribution < 1.29 is 33.0 Å². The van der Waals surface area contributed by atoms with E-state index in [1.165, 1.54) is 11.0 Å². The van der Waals surface area contributed by atoms with Crippen molar-refractivity contribution in [2.45, 2.75) is 32.1 Å². The number of unbranched alkanes of at least 4 members (excludes halogenated alkanes) is 1. The first-order valence-corrected chi connectivity index (χ1v) is 17.6. The van der Waals surface area contributed by atoms with Crippen LogP contribution in [0.5, 0.6) is 0 Å². The van der Waals surface area contributed by atoms with Gasteiger partial charge < -0.3 is 29.3 Å². The molecular formula is C37H48FN7O7. The lowest BCUT2D eigenvalue weighted by Crippen LogP contribution is -2.49. The normalized spacial score (nSPS) is 13.2. The van der Waals surface area contributed by atoms with Gasteiger partial charge in [0, 0.05) is 84.2 Å². The molecule has 4 rings (SSSR count). The van der Waals surface area contributed by atoms with E-state index in [1.807, 2.05) is 12.1 Å². The highest BCUT2D eigenvalue weighted by molar-refractivity contribution is 5.95. The number of aromatic amines is 1. The quantitative estimate of drug-likeness (QED) is 0.155. The Kier molecular flexibility index (Phi) is 16.6. The second-order valence-electron chi connectivity index (χ2n) is 12.5. The Morgan fingerprint density at radius 2 is 1.63 bits per heavy atom. The zero-order chi connectivity index (χ0) is 37.1. The molecule has 0 spiro atoms. The third kappa shape index (κ3) is 12.8. The van der Waals surface area contributed by atoms with Gasteiger partial charge in [0.1, 0.15) is 5.82 Å². The Balaban J connectivity index is 1.08. The van der Waals surface area contributed by atoms with E-state index in [0.717, 1.165) is 6.42 Å². The van der Waals surface area contributed by atoms with E-state index in [-0.39, 0.29) is 35.9 Å². The molecule has 3 amide bonds. The predicted octanol–water partition coefficient (Wildman–Crippen LogP) is 2.12. The lowest BCUT2D eigenvalue weighted by molar-refractivity contribution is -0.135. The summed E-state index contributed by atoms with van der Waals surface area (Å²) < 4.78 is 31.1. The average molecular weight is 722 g/mol. The van der Waals surface area contributed by atoms with Crippen molar-refractivity contribution in [2.24, 2.45) is 0 Å². The number of hydrogen-bond donors (Lipinski definition) is 2. The lowest BCUT2D eigenvalue weighted by atomic mass is 10.0. The number of ether oxygens (including phenoxy) is 3. The van der Waals surface area contributed by atoms with Gasteiger partial charge in [-0.2, -0.15) is 10.4 Å². The van der Waals surface area contributed by atoms with E-state index in [9.17, 15) is 23.6 Å². The number of nitriles is 1. The molecule has 1 aliphatic rings. The molecule has 14 nitrogen and oxygen atoms in total. The first-order chi connectivity index (χ1) is 25.3. The molecule has 0 radical (unpaired) electrons. The van der Waals surface area contributed by atoms with Crippen LogP contribution in [0.2, 0.25) is 0 Å². The molecule has 2 N–H and O–H groups in total. The van der Waals surface area contributed by atoms with Crippen molar-refractivity contribution in [2.75, 3.05) is 92.5 Å². The summed E-state index contributed by atoms with van der Waals surface area (Å²) in [6.07, 6.45) is 2.37. The van der Waals surface area contributed by atoms with E-state index < -0.39 is 11.7 Å². The summed E-state index contributed by atoms with van der Waals surface area (Å²) in [7, 11) is 1.59. The van der Waals surface area contributed by atoms with Gasteiger partial charge in [0.05, 0.1) is 55.7 Å². The summed E-state index contributed by atoms with van der Waals surface area (Å²) in [6, 6.07) is 13.6. The van der Waals surface area contributed by atoms with Gasteiger partial charge in [-0.25, -0.2) is 9.49 Å². The van der Waals surface area contributed by atoms with Crippen LogP contribution in [0.1, 0.15) is 47.3 Å². The number of likely N-dealkylation sites (N-methyl/N-ethyl adjacent to an activating group) is 1. The summed E-state index contributed by atoms with van der Waals surface area (Å²) in [4.78, 5) is 55.6. The predicted molar refractivity (Wildman–Crippen MR) is 191 cm³/mol. The number of H-pyrrole nitrogens is 1. The van der Waals surface area contributed by atoms with Crippen molar-refractivity contribution in [1.82, 2.24) is 30.2 Å². The number of benzene rings is 2. The molecule has 0 aliphatic carbocycles. The molecule has 1 saturated heterocycles. The summed E-state index contributed by atoms with van der Waals surface area (Å²) >= 11 is 0. The maximum atomic E-state index is 14.9. The smallest absolute Gasteiger partial charge is 0.272 e. The molecule has 52 heavy (non-hydrogen) atoms. The fraction of sp³-hybridized carbons (Fsp3) is 0.514. The third-order valence-corrected chi connectivity index (χ3v) is 8.62. The highest BCUT2D eigenvalue weighted by atomic mass is 19.1. The van der Waals surface area contributed by atoms with Crippen molar-refractivity contribution in [3.05, 3.63) is 75.5 Å². The number of rotatable bonds is 21. The molecule has 1 aliphatic heterocycles. The molecule has 1 aromatic heterocycles. The zero-order valence-electron chi connectivity index (χ0n) is 29.7. The standard InChI is InChI=1S/C37H48FN7O7/c1-43(27-34(46)40-13-6-20-51-22-24-52-23-21-50-19-5-4-12-39)35(47)11-14-44-15-17-45(18-16-44)37(49)31-25-28(9-10-32(31)38)26-33-29-7-2-3-8-30(29)36(48)42-41-33/h2-3,7-10,25H,4-6,11,13-24,26-27H2,1H3,(H,40,46)(H,42,48). The van der Waals surface area contributed by atoms with E-state index in [2.05, 4.69) is 26.5 Å². The summed E-state index contributed by atoms with van der Waals surface area (Å²) in [5.74, 6) is -1.41. The first kappa shape index (κ1) is 40.0. The minimum Gasteiger partial charge on any atom is -0.379 e. The molecule has 15 heteroatoms. The fourth-order valence-corrected chi connectivity index (χ4v) is 5.69. The molecule has 2 aromatic carbocycles. The summed E-state index contributed by atoms with van der Waals surface area (Å²) in [6.45, 7) is 5.55. The molecule has 3 aromatic rings. The van der Waals surface area contributed by atoms with Crippen LogP contribution >= 0.6 is 0 Å². The number of amides is 3. The van der Waals surface area contributed by atoms with E-state index in [4.69, 9.17) is 19.5 Å². The largest absolute Gasteiger partial charge is 0.379 e. The number of carbonyl (C=O) groups excluding carboxylic acids is 3. The molecule has 1 fully saturated rings. The SMILES string of the molecule is CN(CC(=O)NCCCOCCOCCOCCCC#N)C(=O)CCN1CCN(C(=O)c2cc(Cc3n[nH]c(=O)c4ccccc34)ccc2F)CC1. The van der Waals surface area contributed by atoms with Crippen molar-refractivity contribution >= 4 is 28.5 Å². The highest BCUT2D eigenvalue weighted by Crippen LogP contribution is 2.20. The van der Waals surface area contributed by atoms with Crippen LogP contribution in [0.25, 0.3) is 10.8 Å². The first-order valence-electron chi connectivity index (χ1n) is 17.6. The van der Waals surface area contributed by atoms with Gasteiger partial charge in [0.25, 0.3) is 11.5 Å². The van der Waals surface area contributed by atoms with Crippen LogP contribution in [0.3, 0.4) is 0 Å². The van der Waals surface area contributed by atoms with Crippen LogP contribution in [0.15, 0.2) is 47.3 Å². The van der Waals surface area contributed by atoms with E-state index in [0.29, 0.717) is 120 Å². The van der Waals surface area contributed by atoms with Crippen LogP contribution in [-0.4, -0.2) is 135 Å². The zero-order valence-corrected chi connectivity index (χ0v) is 29.7. The Labute approximate surface area is 302 Å². The second-order valence-corrected chi connectivity index (χ2v) is 12.5. The van der Waals surface area contributed by atoms with Crippen LogP contribution in [-0.2, 0) is 30.2 Å². The van der Waals surface area contributed by atoms with Gasteiger partial charge >= 0.3 is 0 Å². The van der Waals surface area contributed by atoms with Gasteiger partial charge in [-0.1, -0.05) is 24.3 Å². The van der Waals surface area contributed by atoms with Gasteiger partial charge in [-0.15, -0.1) is 0 Å². The number of hydrogen-bond acceptors (Lipinski definition) is 10. The summed E-state index contributed by atoms with van der Waals surface area (Å²) in [5.41, 5.74) is 1.01. The summed E-state index contributed by atoms with van der Waals surface area (Å²) in [5, 5.41) is 19.2. The lowest BCUT2D eigenvalue weighted by Gasteiger charge is -2.35. The Hall–Kier alpha value is -4.75. The Bertz CT molecular complexity index is 1720. The molecule has 0 atom stereocenters. The van der Waals surface area contributed by atoms with Crippen LogP contribution < -0.4 is 10.9 Å². The number of aromatic nitrogens is 2. The van der Waals surface area contributed by atoms with Gasteiger partial charge in [-0.05, 0) is 36.6 Å². The molecule has 2 heterocycles. The number of nitrogens with one attached hydrogen (secondary N) is 2. The Morgan fingerprint density at radius 1 is 0.962 bits per heavy atom. The highest BCUT2D eigenvalue weighted by Gasteiger charge is 2.25. The van der Waals surface area contributed by atoms with E-state index >= 15 is 0 Å². The number of carbonyl (C=O) groups is 3. The van der Waals surface area contributed by atoms with Crippen molar-refractivity contribution in [3.8, 4) is 6.07 Å². The minimum atomic E-state index is -0.606.